The average molecular weight is 470 g/mol. The van der Waals surface area contributed by atoms with E-state index in [1.807, 2.05) is 0 Å². The lowest BCUT2D eigenvalue weighted by Crippen LogP contribution is -2.37. The summed E-state index contributed by atoms with van der Waals surface area (Å²) in [7, 11) is 1.37. The number of nitrogens with zero attached hydrogens (tertiary/aromatic N) is 3. The molecule has 7 nitrogen and oxygen atoms in total. The Hall–Kier alpha value is -1.49. The highest BCUT2D eigenvalue weighted by atomic mass is 35.5. The van der Waals surface area contributed by atoms with E-state index in [4.69, 9.17) is 25.4 Å². The lowest BCUT2D eigenvalue weighted by molar-refractivity contribution is -0.207. The standard InChI is InChI=1S/C21H25ClFN3O4S/c1-27-30-31-19-3-2-16(9-18(19)23)20-28-12-15(13-29-20)8-14-4-6-26(7-5-14)21-24-10-17(22)11-25-21/h2-3,9-11,14-15,20H,4-8,12-13H2,1H3. The molecule has 2 aliphatic heterocycles. The molecular weight excluding hydrogens is 445 g/mol. The average Bonchev–Trinajstić information content (AvgIpc) is 2.80. The number of aromatic nitrogens is 2. The van der Waals surface area contributed by atoms with Crippen molar-refractivity contribution < 1.29 is 23.1 Å². The van der Waals surface area contributed by atoms with Crippen molar-refractivity contribution in [3.8, 4) is 0 Å². The highest BCUT2D eigenvalue weighted by Gasteiger charge is 2.28. The van der Waals surface area contributed by atoms with Gasteiger partial charge in [0.1, 0.15) is 5.82 Å². The highest BCUT2D eigenvalue weighted by Crippen LogP contribution is 2.33. The smallest absolute Gasteiger partial charge is 0.225 e. The largest absolute Gasteiger partial charge is 0.348 e. The van der Waals surface area contributed by atoms with Crippen LogP contribution in [-0.2, 0) is 18.7 Å². The van der Waals surface area contributed by atoms with Gasteiger partial charge >= 0.3 is 0 Å². The molecule has 0 unspecified atom stereocenters. The molecule has 2 aromatic rings. The fourth-order valence-corrected chi connectivity index (χ4v) is 4.48. The Labute approximate surface area is 190 Å². The van der Waals surface area contributed by atoms with E-state index in [1.54, 1.807) is 24.5 Å². The van der Waals surface area contributed by atoms with Gasteiger partial charge in [0.15, 0.2) is 6.29 Å². The summed E-state index contributed by atoms with van der Waals surface area (Å²) < 4.78 is 30.7. The maximum absolute atomic E-state index is 14.2. The number of piperidine rings is 1. The molecule has 1 aromatic heterocycles. The summed E-state index contributed by atoms with van der Waals surface area (Å²) >= 11 is 6.69. The lowest BCUT2D eigenvalue weighted by atomic mass is 9.87. The number of hydrogen-bond acceptors (Lipinski definition) is 8. The number of anilines is 1. The van der Waals surface area contributed by atoms with Gasteiger partial charge in [0.25, 0.3) is 0 Å². The predicted molar refractivity (Wildman–Crippen MR) is 115 cm³/mol. The Morgan fingerprint density at radius 3 is 2.52 bits per heavy atom. The van der Waals surface area contributed by atoms with Crippen LogP contribution in [0.2, 0.25) is 5.02 Å². The summed E-state index contributed by atoms with van der Waals surface area (Å²) in [6.07, 6.45) is 5.95. The zero-order valence-corrected chi connectivity index (χ0v) is 18.8. The van der Waals surface area contributed by atoms with Gasteiger partial charge in [-0.25, -0.2) is 19.2 Å². The highest BCUT2D eigenvalue weighted by molar-refractivity contribution is 7.94. The van der Waals surface area contributed by atoms with E-state index in [9.17, 15) is 4.39 Å². The van der Waals surface area contributed by atoms with Gasteiger partial charge in [-0.05, 0) is 37.3 Å². The second kappa shape index (κ2) is 10.9. The van der Waals surface area contributed by atoms with Crippen LogP contribution in [0, 0.1) is 17.7 Å². The molecule has 0 amide bonds. The van der Waals surface area contributed by atoms with Crippen molar-refractivity contribution in [2.45, 2.75) is 30.4 Å². The Morgan fingerprint density at radius 1 is 1.16 bits per heavy atom. The van der Waals surface area contributed by atoms with E-state index in [0.717, 1.165) is 50.3 Å². The Balaban J connectivity index is 1.22. The van der Waals surface area contributed by atoms with Crippen molar-refractivity contribution in [3.05, 3.63) is 47.0 Å². The van der Waals surface area contributed by atoms with Gasteiger partial charge in [-0.2, -0.15) is 4.33 Å². The van der Waals surface area contributed by atoms with E-state index in [-0.39, 0.29) is 0 Å². The molecule has 1 aromatic carbocycles. The van der Waals surface area contributed by atoms with Gasteiger partial charge < -0.3 is 14.4 Å². The Bertz CT molecular complexity index is 847. The van der Waals surface area contributed by atoms with Crippen LogP contribution in [0.15, 0.2) is 35.5 Å². The summed E-state index contributed by atoms with van der Waals surface area (Å²) in [4.78, 5) is 15.6. The minimum atomic E-state index is -0.544. The molecule has 2 saturated heterocycles. The van der Waals surface area contributed by atoms with E-state index in [2.05, 4.69) is 19.8 Å². The van der Waals surface area contributed by atoms with E-state index in [0.29, 0.717) is 40.5 Å². The number of halogens is 2. The second-order valence-electron chi connectivity index (χ2n) is 7.74. The van der Waals surface area contributed by atoms with Crippen molar-refractivity contribution in [1.82, 2.24) is 9.97 Å². The molecule has 0 bridgehead atoms. The quantitative estimate of drug-likeness (QED) is 0.325. The van der Waals surface area contributed by atoms with Gasteiger partial charge in [0.05, 0.1) is 54.7 Å². The summed E-state index contributed by atoms with van der Waals surface area (Å²) in [5.74, 6) is 1.30. The Morgan fingerprint density at radius 2 is 1.87 bits per heavy atom. The van der Waals surface area contributed by atoms with Gasteiger partial charge in [-0.1, -0.05) is 17.7 Å². The number of benzene rings is 1. The van der Waals surface area contributed by atoms with Gasteiger partial charge in [0, 0.05) is 24.6 Å². The van der Waals surface area contributed by atoms with Crippen molar-refractivity contribution in [2.75, 3.05) is 38.3 Å². The molecule has 0 saturated carbocycles. The van der Waals surface area contributed by atoms with E-state index >= 15 is 0 Å². The first-order valence-corrected chi connectivity index (χ1v) is 11.4. The fourth-order valence-electron chi connectivity index (χ4n) is 3.98. The van der Waals surface area contributed by atoms with Crippen molar-refractivity contribution >= 4 is 29.6 Å². The number of hydrogen-bond donors (Lipinski definition) is 0. The topological polar surface area (TPSA) is 65.9 Å². The minimum Gasteiger partial charge on any atom is -0.348 e. The third kappa shape index (κ3) is 6.06. The zero-order valence-electron chi connectivity index (χ0n) is 17.2. The first-order chi connectivity index (χ1) is 15.1. The van der Waals surface area contributed by atoms with Crippen molar-refractivity contribution in [3.63, 3.8) is 0 Å². The fraction of sp³-hybridized carbons (Fsp3) is 0.524. The summed E-state index contributed by atoms with van der Waals surface area (Å²) in [5.41, 5.74) is 0.661. The van der Waals surface area contributed by atoms with Crippen molar-refractivity contribution in [2.24, 2.45) is 11.8 Å². The number of ether oxygens (including phenoxy) is 2. The summed E-state index contributed by atoms with van der Waals surface area (Å²) in [6.45, 7) is 3.08. The maximum atomic E-state index is 14.2. The second-order valence-corrected chi connectivity index (χ2v) is 8.92. The molecule has 3 heterocycles. The molecule has 31 heavy (non-hydrogen) atoms. The van der Waals surface area contributed by atoms with E-state index < -0.39 is 12.1 Å². The molecule has 2 fully saturated rings. The predicted octanol–water partition coefficient (Wildman–Crippen LogP) is 4.82. The number of rotatable bonds is 7. The minimum absolute atomic E-state index is 0.342. The molecule has 168 valence electrons. The molecule has 0 N–H and O–H groups in total. The molecule has 0 radical (unpaired) electrons. The normalized spacial score (nSPS) is 22.6. The van der Waals surface area contributed by atoms with Crippen LogP contribution in [0.5, 0.6) is 0 Å². The van der Waals surface area contributed by atoms with E-state index in [1.165, 1.54) is 13.2 Å². The Kier molecular flexibility index (Phi) is 7.97. The van der Waals surface area contributed by atoms with Gasteiger partial charge in [-0.15, -0.1) is 0 Å². The summed E-state index contributed by atoms with van der Waals surface area (Å²) in [5, 5.41) is 0.548. The van der Waals surface area contributed by atoms with Crippen LogP contribution in [0.1, 0.15) is 31.1 Å². The van der Waals surface area contributed by atoms with Crippen LogP contribution in [0.3, 0.4) is 0 Å². The van der Waals surface area contributed by atoms with Crippen LogP contribution in [-0.4, -0.2) is 43.4 Å². The molecular formula is C21H25ClFN3O4S. The molecule has 0 aliphatic carbocycles. The lowest BCUT2D eigenvalue weighted by Gasteiger charge is -2.35. The SMILES string of the molecule is COOSc1ccc(C2OCC(CC3CCN(c4ncc(Cl)cn4)CC3)CO2)cc1F. The van der Waals surface area contributed by atoms with Crippen LogP contribution < -0.4 is 4.90 Å². The molecule has 2 aliphatic rings. The molecule has 10 heteroatoms. The first kappa shape index (κ1) is 22.7. The van der Waals surface area contributed by atoms with Crippen molar-refractivity contribution in [1.29, 1.82) is 0 Å². The summed E-state index contributed by atoms with van der Waals surface area (Å²) in [6, 6.07) is 4.83. The maximum Gasteiger partial charge on any atom is 0.225 e. The monoisotopic (exact) mass is 469 g/mol. The zero-order chi connectivity index (χ0) is 21.6. The molecule has 4 rings (SSSR count). The van der Waals surface area contributed by atoms with Crippen LogP contribution >= 0.6 is 23.6 Å². The van der Waals surface area contributed by atoms with Crippen LogP contribution in [0.4, 0.5) is 10.3 Å². The third-order valence-electron chi connectivity index (χ3n) is 5.56. The first-order valence-electron chi connectivity index (χ1n) is 10.2. The van der Waals surface area contributed by atoms with Gasteiger partial charge in [-0.3, -0.25) is 0 Å². The molecule has 0 atom stereocenters. The third-order valence-corrected chi connectivity index (χ3v) is 6.47. The van der Waals surface area contributed by atoms with Gasteiger partial charge in [0.2, 0.25) is 5.95 Å². The molecule has 0 spiro atoms. The van der Waals surface area contributed by atoms with Crippen LogP contribution in [0.25, 0.3) is 0 Å².